The Kier molecular flexibility index (Phi) is 4.60. The number of rotatable bonds is 4. The molecule has 0 aliphatic carbocycles. The summed E-state index contributed by atoms with van der Waals surface area (Å²) in [7, 11) is 0. The van der Waals surface area contributed by atoms with Crippen molar-refractivity contribution in [3.63, 3.8) is 0 Å². The van der Waals surface area contributed by atoms with Crippen molar-refractivity contribution in [1.82, 2.24) is 4.90 Å². The number of hydrogen-bond acceptors (Lipinski definition) is 3. The maximum Gasteiger partial charge on any atom is 0.170 e. The average Bonchev–Trinajstić information content (AvgIpc) is 2.63. The number of Topliss-reactive ketones (excluding diaryl/α,β-unsaturated/α-hetero) is 1. The largest absolute Gasteiger partial charge is 0.384 e. The van der Waals surface area contributed by atoms with Gasteiger partial charge in [0.1, 0.15) is 5.60 Å². The summed E-state index contributed by atoms with van der Waals surface area (Å²) in [5, 5.41) is 11.4. The summed E-state index contributed by atoms with van der Waals surface area (Å²) < 4.78 is 0. The first-order chi connectivity index (χ1) is 11.1. The van der Waals surface area contributed by atoms with Crippen LogP contribution >= 0.6 is 0 Å². The topological polar surface area (TPSA) is 40.5 Å². The minimum atomic E-state index is -1.10. The van der Waals surface area contributed by atoms with Gasteiger partial charge in [0, 0.05) is 18.7 Å². The molecule has 120 valence electrons. The van der Waals surface area contributed by atoms with Gasteiger partial charge >= 0.3 is 0 Å². The molecule has 0 aromatic heterocycles. The lowest BCUT2D eigenvalue weighted by Gasteiger charge is -2.44. The molecule has 2 aromatic carbocycles. The molecule has 1 fully saturated rings. The van der Waals surface area contributed by atoms with E-state index in [2.05, 4.69) is 11.8 Å². The fourth-order valence-electron chi connectivity index (χ4n) is 3.47. The summed E-state index contributed by atoms with van der Waals surface area (Å²) in [4.78, 5) is 15.3. The first-order valence-electron chi connectivity index (χ1n) is 8.24. The molecule has 2 aromatic rings. The lowest BCUT2D eigenvalue weighted by atomic mass is 9.72. The number of aliphatic hydroxyl groups is 1. The van der Waals surface area contributed by atoms with Crippen LogP contribution in [0, 0.1) is 5.92 Å². The Bertz CT molecular complexity index is 656. The first-order valence-corrected chi connectivity index (χ1v) is 8.24. The number of benzene rings is 2. The number of piperidine rings is 1. The highest BCUT2D eigenvalue weighted by Crippen LogP contribution is 2.39. The van der Waals surface area contributed by atoms with Crippen LogP contribution in [-0.4, -0.2) is 35.4 Å². The van der Waals surface area contributed by atoms with Crippen molar-refractivity contribution in [3.05, 3.63) is 71.8 Å². The molecule has 1 aliphatic rings. The molecular weight excluding hydrogens is 286 g/mol. The highest BCUT2D eigenvalue weighted by atomic mass is 16.3. The van der Waals surface area contributed by atoms with E-state index in [-0.39, 0.29) is 5.78 Å². The molecule has 0 amide bonds. The molecule has 23 heavy (non-hydrogen) atoms. The molecule has 0 bridgehead atoms. The fourth-order valence-corrected chi connectivity index (χ4v) is 3.47. The summed E-state index contributed by atoms with van der Waals surface area (Å²) >= 11 is 0. The average molecular weight is 309 g/mol. The highest BCUT2D eigenvalue weighted by molar-refractivity contribution is 5.98. The van der Waals surface area contributed by atoms with Gasteiger partial charge in [-0.25, -0.2) is 0 Å². The maximum atomic E-state index is 13.1. The molecular formula is C20H23NO2. The second-order valence-corrected chi connectivity index (χ2v) is 6.22. The van der Waals surface area contributed by atoms with Crippen LogP contribution in [0.15, 0.2) is 60.7 Å². The van der Waals surface area contributed by atoms with E-state index in [4.69, 9.17) is 0 Å². The van der Waals surface area contributed by atoms with Crippen LogP contribution in [0.5, 0.6) is 0 Å². The van der Waals surface area contributed by atoms with E-state index in [1.165, 1.54) is 0 Å². The smallest absolute Gasteiger partial charge is 0.170 e. The van der Waals surface area contributed by atoms with Crippen LogP contribution in [0.1, 0.15) is 29.3 Å². The molecule has 0 unspecified atom stereocenters. The molecule has 0 spiro atoms. The number of carbonyl (C=O) groups excluding carboxylic acids is 1. The highest BCUT2D eigenvalue weighted by Gasteiger charge is 2.46. The van der Waals surface area contributed by atoms with Crippen molar-refractivity contribution in [2.24, 2.45) is 5.92 Å². The van der Waals surface area contributed by atoms with Gasteiger partial charge in [-0.3, -0.25) is 4.79 Å². The van der Waals surface area contributed by atoms with E-state index < -0.39 is 11.5 Å². The third-order valence-corrected chi connectivity index (χ3v) is 4.92. The third kappa shape index (κ3) is 3.07. The van der Waals surface area contributed by atoms with Gasteiger partial charge in [-0.1, -0.05) is 67.6 Å². The molecule has 2 atom stereocenters. The van der Waals surface area contributed by atoms with E-state index in [1.54, 1.807) is 0 Å². The van der Waals surface area contributed by atoms with Crippen LogP contribution in [-0.2, 0) is 5.60 Å². The molecule has 1 aliphatic heterocycles. The minimum Gasteiger partial charge on any atom is -0.384 e. The van der Waals surface area contributed by atoms with Gasteiger partial charge in [0.2, 0.25) is 0 Å². The van der Waals surface area contributed by atoms with Gasteiger partial charge in [-0.15, -0.1) is 0 Å². The number of carbonyl (C=O) groups is 1. The lowest BCUT2D eigenvalue weighted by molar-refractivity contribution is -0.0631. The predicted octanol–water partition coefficient (Wildman–Crippen LogP) is 3.10. The van der Waals surface area contributed by atoms with Crippen LogP contribution in [0.25, 0.3) is 0 Å². The Morgan fingerprint density at radius 3 is 2.35 bits per heavy atom. The molecule has 0 radical (unpaired) electrons. The summed E-state index contributed by atoms with van der Waals surface area (Å²) in [5.74, 6) is -0.420. The Morgan fingerprint density at radius 1 is 1.13 bits per heavy atom. The van der Waals surface area contributed by atoms with E-state index in [9.17, 15) is 9.90 Å². The van der Waals surface area contributed by atoms with E-state index in [0.29, 0.717) is 18.5 Å². The number of hydrogen-bond donors (Lipinski definition) is 1. The Morgan fingerprint density at radius 2 is 1.74 bits per heavy atom. The zero-order valence-corrected chi connectivity index (χ0v) is 13.5. The van der Waals surface area contributed by atoms with Gasteiger partial charge in [-0.2, -0.15) is 0 Å². The van der Waals surface area contributed by atoms with E-state index in [1.807, 2.05) is 60.7 Å². The Balaban J connectivity index is 1.99. The van der Waals surface area contributed by atoms with Crippen molar-refractivity contribution >= 4 is 5.78 Å². The van der Waals surface area contributed by atoms with Crippen molar-refractivity contribution < 1.29 is 9.90 Å². The Hall–Kier alpha value is -1.97. The lowest BCUT2D eigenvalue weighted by Crippen LogP contribution is -2.53. The molecule has 1 N–H and O–H groups in total. The van der Waals surface area contributed by atoms with Crippen molar-refractivity contribution in [1.29, 1.82) is 0 Å². The standard InChI is InChI=1S/C20H23NO2/c1-2-21-14-13-20(23,17-11-7-4-8-12-17)18(15-21)19(22)16-9-5-3-6-10-16/h3-12,18,23H,2,13-15H2,1H3/t18-,20-/m1/s1. The number of likely N-dealkylation sites (tertiary alicyclic amines) is 1. The first kappa shape index (κ1) is 15.9. The molecule has 3 rings (SSSR count). The molecule has 3 heteroatoms. The number of nitrogens with zero attached hydrogens (tertiary/aromatic N) is 1. The second kappa shape index (κ2) is 6.65. The maximum absolute atomic E-state index is 13.1. The quantitative estimate of drug-likeness (QED) is 0.882. The van der Waals surface area contributed by atoms with E-state index in [0.717, 1.165) is 18.7 Å². The summed E-state index contributed by atoms with van der Waals surface area (Å²) in [6.07, 6.45) is 0.577. The van der Waals surface area contributed by atoms with Crippen LogP contribution in [0.4, 0.5) is 0 Å². The summed E-state index contributed by atoms with van der Waals surface area (Å²) in [6.45, 7) is 4.39. The van der Waals surface area contributed by atoms with E-state index >= 15 is 0 Å². The molecule has 3 nitrogen and oxygen atoms in total. The molecule has 1 heterocycles. The fraction of sp³-hybridized carbons (Fsp3) is 0.350. The monoisotopic (exact) mass is 309 g/mol. The van der Waals surface area contributed by atoms with Gasteiger partial charge < -0.3 is 10.0 Å². The molecule has 1 saturated heterocycles. The summed E-state index contributed by atoms with van der Waals surface area (Å²) in [6, 6.07) is 18.9. The zero-order valence-electron chi connectivity index (χ0n) is 13.5. The second-order valence-electron chi connectivity index (χ2n) is 6.22. The zero-order chi connectivity index (χ0) is 16.3. The SMILES string of the molecule is CCN1CC[C@@](O)(c2ccccc2)[C@@H](C(=O)c2ccccc2)C1. The van der Waals surface area contributed by atoms with Crippen molar-refractivity contribution in [2.45, 2.75) is 18.9 Å². The van der Waals surface area contributed by atoms with Gasteiger partial charge in [-0.05, 0) is 18.5 Å². The van der Waals surface area contributed by atoms with Crippen LogP contribution in [0.2, 0.25) is 0 Å². The van der Waals surface area contributed by atoms with Gasteiger partial charge in [0.15, 0.2) is 5.78 Å². The van der Waals surface area contributed by atoms with Crippen molar-refractivity contribution in [3.8, 4) is 0 Å². The predicted molar refractivity (Wildman–Crippen MR) is 91.3 cm³/mol. The molecule has 0 saturated carbocycles. The normalized spacial score (nSPS) is 25.2. The van der Waals surface area contributed by atoms with Gasteiger partial charge in [0.05, 0.1) is 5.92 Å². The van der Waals surface area contributed by atoms with Crippen LogP contribution < -0.4 is 0 Å². The number of ketones is 1. The van der Waals surface area contributed by atoms with Crippen molar-refractivity contribution in [2.75, 3.05) is 19.6 Å². The third-order valence-electron chi connectivity index (χ3n) is 4.92. The Labute approximate surface area is 137 Å². The summed E-state index contributed by atoms with van der Waals surface area (Å²) in [5.41, 5.74) is 0.412. The van der Waals surface area contributed by atoms with Crippen LogP contribution in [0.3, 0.4) is 0 Å². The minimum absolute atomic E-state index is 0.0232. The van der Waals surface area contributed by atoms with Gasteiger partial charge in [0.25, 0.3) is 0 Å².